The van der Waals surface area contributed by atoms with E-state index in [0.717, 1.165) is 48.3 Å². The molecule has 1 aliphatic rings. The molecule has 1 saturated heterocycles. The fourth-order valence-corrected chi connectivity index (χ4v) is 3.68. The summed E-state index contributed by atoms with van der Waals surface area (Å²) >= 11 is 0. The van der Waals surface area contributed by atoms with Gasteiger partial charge in [-0.15, -0.1) is 0 Å². The molecule has 0 atom stereocenters. The van der Waals surface area contributed by atoms with Gasteiger partial charge in [0.15, 0.2) is 6.54 Å². The minimum Gasteiger partial charge on any atom is -0.508 e. The third-order valence-electron chi connectivity index (χ3n) is 5.16. The number of quaternary nitrogens is 1. The van der Waals surface area contributed by atoms with E-state index in [-0.39, 0.29) is 11.7 Å². The van der Waals surface area contributed by atoms with Crippen molar-refractivity contribution in [3.63, 3.8) is 0 Å². The topological polar surface area (TPSA) is 57.0 Å². The van der Waals surface area contributed by atoms with Crippen LogP contribution in [0.25, 0.3) is 10.8 Å². The number of nitrogens with zero attached hydrogens (tertiary/aromatic N) is 1. The highest BCUT2D eigenvalue weighted by Gasteiger charge is 2.22. The Labute approximate surface area is 158 Å². The van der Waals surface area contributed by atoms with Gasteiger partial charge in [-0.25, -0.2) is 0 Å². The molecule has 1 aliphatic heterocycles. The normalized spacial score (nSPS) is 15.0. The van der Waals surface area contributed by atoms with Gasteiger partial charge in [-0.1, -0.05) is 36.4 Å². The van der Waals surface area contributed by atoms with Crippen LogP contribution in [0, 0.1) is 0 Å². The summed E-state index contributed by atoms with van der Waals surface area (Å²) in [4.78, 5) is 16.1. The van der Waals surface area contributed by atoms with Crippen LogP contribution >= 0.6 is 0 Å². The molecule has 5 heteroatoms. The van der Waals surface area contributed by atoms with Gasteiger partial charge in [0.05, 0.1) is 26.2 Å². The van der Waals surface area contributed by atoms with Crippen LogP contribution in [-0.4, -0.2) is 43.7 Å². The third-order valence-corrected chi connectivity index (χ3v) is 5.16. The van der Waals surface area contributed by atoms with Crippen molar-refractivity contribution in [2.24, 2.45) is 0 Å². The SMILES string of the molecule is O=C(C[NH+]1CCN(c2ccc(O)cc2)CC1)Nc1cccc2ccccc12. The number of phenolic OH excluding ortho intramolecular Hbond substituents is 1. The number of hydrogen-bond acceptors (Lipinski definition) is 3. The van der Waals surface area contributed by atoms with Crippen molar-refractivity contribution in [3.05, 3.63) is 66.7 Å². The van der Waals surface area contributed by atoms with Crippen molar-refractivity contribution < 1.29 is 14.8 Å². The van der Waals surface area contributed by atoms with Crippen LogP contribution in [0.4, 0.5) is 11.4 Å². The van der Waals surface area contributed by atoms with Gasteiger partial charge in [0, 0.05) is 16.8 Å². The Bertz CT molecular complexity index is 926. The fraction of sp³-hybridized carbons (Fsp3) is 0.227. The molecule has 1 amide bonds. The zero-order valence-corrected chi connectivity index (χ0v) is 15.2. The van der Waals surface area contributed by atoms with Crippen LogP contribution in [0.1, 0.15) is 0 Å². The summed E-state index contributed by atoms with van der Waals surface area (Å²) in [5.74, 6) is 0.340. The lowest BCUT2D eigenvalue weighted by Gasteiger charge is -2.33. The molecule has 0 aromatic heterocycles. The first kappa shape index (κ1) is 17.4. The molecule has 4 rings (SSSR count). The van der Waals surface area contributed by atoms with Crippen molar-refractivity contribution in [2.45, 2.75) is 0 Å². The number of rotatable bonds is 4. The number of benzene rings is 3. The Balaban J connectivity index is 1.33. The predicted molar refractivity (Wildman–Crippen MR) is 108 cm³/mol. The van der Waals surface area contributed by atoms with Gasteiger partial charge >= 0.3 is 0 Å². The van der Waals surface area contributed by atoms with Crippen LogP contribution in [0.5, 0.6) is 5.75 Å². The number of amides is 1. The number of fused-ring (bicyclic) bond motifs is 1. The summed E-state index contributed by atoms with van der Waals surface area (Å²) in [5, 5.41) is 14.7. The Morgan fingerprint density at radius 1 is 0.963 bits per heavy atom. The lowest BCUT2D eigenvalue weighted by Crippen LogP contribution is -3.15. The molecule has 138 valence electrons. The van der Waals surface area contributed by atoms with Gasteiger partial charge in [0.25, 0.3) is 5.91 Å². The Kier molecular flexibility index (Phi) is 4.94. The average molecular weight is 362 g/mol. The molecule has 0 bridgehead atoms. The maximum atomic E-state index is 12.5. The molecule has 1 fully saturated rings. The highest BCUT2D eigenvalue weighted by atomic mass is 16.3. The summed E-state index contributed by atoms with van der Waals surface area (Å²) in [7, 11) is 0. The van der Waals surface area contributed by atoms with Crippen molar-refractivity contribution in [3.8, 4) is 5.75 Å². The summed E-state index contributed by atoms with van der Waals surface area (Å²) in [6.45, 7) is 4.13. The molecule has 0 unspecified atom stereocenters. The quantitative estimate of drug-likeness (QED) is 0.664. The molecule has 27 heavy (non-hydrogen) atoms. The second kappa shape index (κ2) is 7.68. The van der Waals surface area contributed by atoms with Crippen molar-refractivity contribution in [2.75, 3.05) is 42.9 Å². The molecular weight excluding hydrogens is 338 g/mol. The first-order chi connectivity index (χ1) is 13.2. The first-order valence-corrected chi connectivity index (χ1v) is 9.34. The molecule has 1 heterocycles. The van der Waals surface area contributed by atoms with E-state index in [2.05, 4.69) is 22.3 Å². The number of piperazine rings is 1. The van der Waals surface area contributed by atoms with Crippen LogP contribution in [0.15, 0.2) is 66.7 Å². The molecule has 0 spiro atoms. The number of phenols is 1. The zero-order chi connectivity index (χ0) is 18.6. The maximum absolute atomic E-state index is 12.5. The molecule has 3 N–H and O–H groups in total. The van der Waals surface area contributed by atoms with E-state index in [1.165, 1.54) is 4.90 Å². The molecule has 0 saturated carbocycles. The van der Waals surface area contributed by atoms with Crippen LogP contribution in [0.3, 0.4) is 0 Å². The van der Waals surface area contributed by atoms with Gasteiger partial charge in [-0.05, 0) is 35.7 Å². The summed E-state index contributed by atoms with van der Waals surface area (Å²) in [6.07, 6.45) is 0. The number of hydrogen-bond donors (Lipinski definition) is 3. The minimum atomic E-state index is 0.0550. The van der Waals surface area contributed by atoms with E-state index < -0.39 is 0 Å². The number of aromatic hydroxyl groups is 1. The van der Waals surface area contributed by atoms with E-state index in [4.69, 9.17) is 0 Å². The Morgan fingerprint density at radius 3 is 2.44 bits per heavy atom. The molecular formula is C22H24N3O2+. The standard InChI is InChI=1S/C22H23N3O2/c26-19-10-8-18(9-11-19)25-14-12-24(13-15-25)16-22(27)23-21-7-3-5-17-4-1-2-6-20(17)21/h1-11,26H,12-16H2,(H,23,27)/p+1. The lowest BCUT2D eigenvalue weighted by atomic mass is 10.1. The molecule has 3 aromatic carbocycles. The average Bonchev–Trinajstić information content (AvgIpc) is 2.69. The van der Waals surface area contributed by atoms with Gasteiger partial charge in [-0.2, -0.15) is 0 Å². The van der Waals surface area contributed by atoms with Crippen LogP contribution < -0.4 is 15.1 Å². The van der Waals surface area contributed by atoms with Crippen molar-refractivity contribution in [1.29, 1.82) is 0 Å². The first-order valence-electron chi connectivity index (χ1n) is 9.34. The van der Waals surface area contributed by atoms with Crippen molar-refractivity contribution in [1.82, 2.24) is 0 Å². The molecule has 3 aromatic rings. The molecule has 0 aliphatic carbocycles. The maximum Gasteiger partial charge on any atom is 0.279 e. The minimum absolute atomic E-state index is 0.0550. The highest BCUT2D eigenvalue weighted by molar-refractivity contribution is 6.02. The smallest absolute Gasteiger partial charge is 0.279 e. The number of carbonyl (C=O) groups is 1. The van der Waals surface area contributed by atoms with Crippen LogP contribution in [-0.2, 0) is 4.79 Å². The summed E-state index contributed by atoms with van der Waals surface area (Å²) in [5.41, 5.74) is 1.99. The summed E-state index contributed by atoms with van der Waals surface area (Å²) in [6, 6.07) is 21.4. The predicted octanol–water partition coefficient (Wildman–Crippen LogP) is 1.89. The lowest BCUT2D eigenvalue weighted by molar-refractivity contribution is -0.892. The molecule has 0 radical (unpaired) electrons. The number of nitrogens with one attached hydrogen (secondary N) is 2. The third kappa shape index (κ3) is 4.04. The monoisotopic (exact) mass is 362 g/mol. The zero-order valence-electron chi connectivity index (χ0n) is 15.2. The molecule has 5 nitrogen and oxygen atoms in total. The van der Waals surface area contributed by atoms with Gasteiger partial charge < -0.3 is 20.2 Å². The second-order valence-corrected chi connectivity index (χ2v) is 7.01. The largest absolute Gasteiger partial charge is 0.508 e. The summed E-state index contributed by atoms with van der Waals surface area (Å²) < 4.78 is 0. The Hall–Kier alpha value is -3.05. The van der Waals surface area contributed by atoms with E-state index in [0.29, 0.717) is 6.54 Å². The highest BCUT2D eigenvalue weighted by Crippen LogP contribution is 2.22. The fourth-order valence-electron chi connectivity index (χ4n) is 3.68. The van der Waals surface area contributed by atoms with Gasteiger partial charge in [0.2, 0.25) is 0 Å². The van der Waals surface area contributed by atoms with Gasteiger partial charge in [-0.3, -0.25) is 4.79 Å². The van der Waals surface area contributed by atoms with E-state index in [1.807, 2.05) is 42.5 Å². The van der Waals surface area contributed by atoms with Gasteiger partial charge in [0.1, 0.15) is 5.75 Å². The Morgan fingerprint density at radius 2 is 1.67 bits per heavy atom. The van der Waals surface area contributed by atoms with Crippen LogP contribution in [0.2, 0.25) is 0 Å². The van der Waals surface area contributed by atoms with Crippen molar-refractivity contribution >= 4 is 28.1 Å². The number of anilines is 2. The van der Waals surface area contributed by atoms with E-state index in [9.17, 15) is 9.90 Å². The van der Waals surface area contributed by atoms with E-state index >= 15 is 0 Å². The second-order valence-electron chi connectivity index (χ2n) is 7.01. The van der Waals surface area contributed by atoms with E-state index in [1.54, 1.807) is 12.1 Å². The number of carbonyl (C=O) groups excluding carboxylic acids is 1.